The molecule has 0 aliphatic carbocycles. The smallest absolute Gasteiger partial charge is 0.404 e. The Hall–Kier alpha value is -2.24. The minimum atomic E-state index is -4.75. The molecule has 2 rings (SSSR count). The maximum absolute atomic E-state index is 12.9. The van der Waals surface area contributed by atoms with E-state index < -0.39 is 6.36 Å². The number of para-hydroxylation sites is 2. The second-order valence-corrected chi connectivity index (χ2v) is 4.46. The maximum Gasteiger partial charge on any atom is 0.573 e. The van der Waals surface area contributed by atoms with E-state index in [0.717, 1.165) is 5.56 Å². The Morgan fingerprint density at radius 1 is 1.00 bits per heavy atom. The zero-order valence-corrected chi connectivity index (χ0v) is 11.1. The Morgan fingerprint density at radius 2 is 1.62 bits per heavy atom. The molecule has 0 aliphatic heterocycles. The average molecular weight is 299 g/mol. The van der Waals surface area contributed by atoms with E-state index in [4.69, 9.17) is 0 Å². The molecule has 0 amide bonds. The Kier molecular flexibility index (Phi) is 4.35. The molecule has 2 nitrogen and oxygen atoms in total. The van der Waals surface area contributed by atoms with E-state index in [2.05, 4.69) is 10.1 Å². The molecular formula is C15H13F4NO. The molecule has 21 heavy (non-hydrogen) atoms. The molecule has 2 aromatic carbocycles. The molecule has 1 atom stereocenters. The molecule has 1 unspecified atom stereocenters. The fourth-order valence-corrected chi connectivity index (χ4v) is 1.87. The first-order valence-electron chi connectivity index (χ1n) is 6.22. The van der Waals surface area contributed by atoms with E-state index in [1.165, 1.54) is 30.3 Å². The first-order chi connectivity index (χ1) is 9.85. The summed E-state index contributed by atoms with van der Waals surface area (Å²) in [6.45, 7) is 1.76. The first-order valence-corrected chi connectivity index (χ1v) is 6.22. The lowest BCUT2D eigenvalue weighted by Gasteiger charge is -2.19. The van der Waals surface area contributed by atoms with Crippen LogP contribution >= 0.6 is 0 Å². The standard InChI is InChI=1S/C15H13F4NO/c1-10(11-6-8-12(16)9-7-11)20-13-4-2-3-5-14(13)21-15(17,18)19/h2-10,20H,1H3. The van der Waals surface area contributed by atoms with Gasteiger partial charge < -0.3 is 10.1 Å². The number of rotatable bonds is 4. The van der Waals surface area contributed by atoms with E-state index >= 15 is 0 Å². The van der Waals surface area contributed by atoms with Gasteiger partial charge in [-0.25, -0.2) is 4.39 Å². The van der Waals surface area contributed by atoms with Crippen molar-refractivity contribution in [2.75, 3.05) is 5.32 Å². The van der Waals surface area contributed by atoms with Crippen LogP contribution in [0, 0.1) is 5.82 Å². The van der Waals surface area contributed by atoms with Crippen molar-refractivity contribution in [3.05, 3.63) is 59.9 Å². The molecule has 0 aliphatic rings. The number of halogens is 4. The van der Waals surface area contributed by atoms with Gasteiger partial charge in [0, 0.05) is 6.04 Å². The first kappa shape index (κ1) is 15.2. The van der Waals surface area contributed by atoms with Crippen molar-refractivity contribution >= 4 is 5.69 Å². The summed E-state index contributed by atoms with van der Waals surface area (Å²) in [7, 11) is 0. The summed E-state index contributed by atoms with van der Waals surface area (Å²) in [6.07, 6.45) is -4.75. The van der Waals surface area contributed by atoms with Crippen LogP contribution in [0.1, 0.15) is 18.5 Å². The van der Waals surface area contributed by atoms with Gasteiger partial charge >= 0.3 is 6.36 Å². The summed E-state index contributed by atoms with van der Waals surface area (Å²) in [5.41, 5.74) is 0.963. The van der Waals surface area contributed by atoms with Crippen LogP contribution in [-0.2, 0) is 0 Å². The van der Waals surface area contributed by atoms with E-state index in [0.29, 0.717) is 0 Å². The molecule has 0 heterocycles. The highest BCUT2D eigenvalue weighted by Crippen LogP contribution is 2.32. The highest BCUT2D eigenvalue weighted by molar-refractivity contribution is 5.57. The van der Waals surface area contributed by atoms with Gasteiger partial charge in [0.05, 0.1) is 5.69 Å². The van der Waals surface area contributed by atoms with Crippen LogP contribution < -0.4 is 10.1 Å². The summed E-state index contributed by atoms with van der Waals surface area (Å²) in [5, 5.41) is 2.92. The number of alkyl halides is 3. The highest BCUT2D eigenvalue weighted by atomic mass is 19.4. The number of hydrogen-bond donors (Lipinski definition) is 1. The summed E-state index contributed by atoms with van der Waals surface area (Å²) in [5.74, 6) is -0.675. The van der Waals surface area contributed by atoms with Gasteiger partial charge in [0.15, 0.2) is 5.75 Å². The molecule has 6 heteroatoms. The molecule has 0 bridgehead atoms. The molecule has 112 valence electrons. The second-order valence-electron chi connectivity index (χ2n) is 4.46. The topological polar surface area (TPSA) is 21.3 Å². The van der Waals surface area contributed by atoms with Crippen molar-refractivity contribution in [2.24, 2.45) is 0 Å². The maximum atomic E-state index is 12.9. The monoisotopic (exact) mass is 299 g/mol. The van der Waals surface area contributed by atoms with Gasteiger partial charge in [-0.3, -0.25) is 0 Å². The van der Waals surface area contributed by atoms with E-state index in [1.807, 2.05) is 0 Å². The number of nitrogens with one attached hydrogen (secondary N) is 1. The number of ether oxygens (including phenoxy) is 1. The van der Waals surface area contributed by atoms with Crippen LogP contribution in [0.2, 0.25) is 0 Å². The van der Waals surface area contributed by atoms with Crippen LogP contribution in [0.25, 0.3) is 0 Å². The number of anilines is 1. The normalized spacial score (nSPS) is 12.8. The van der Waals surface area contributed by atoms with Gasteiger partial charge in [0.1, 0.15) is 5.82 Å². The zero-order chi connectivity index (χ0) is 15.5. The third kappa shape index (κ3) is 4.37. The Balaban J connectivity index is 2.17. The average Bonchev–Trinajstić information content (AvgIpc) is 2.40. The summed E-state index contributed by atoms with van der Waals surface area (Å²) in [6, 6.07) is 11.2. The van der Waals surface area contributed by atoms with Crippen molar-refractivity contribution in [3.63, 3.8) is 0 Å². The molecule has 0 fully saturated rings. The van der Waals surface area contributed by atoms with Crippen molar-refractivity contribution in [1.29, 1.82) is 0 Å². The quantitative estimate of drug-likeness (QED) is 0.811. The third-order valence-electron chi connectivity index (χ3n) is 2.85. The summed E-state index contributed by atoms with van der Waals surface area (Å²) >= 11 is 0. The van der Waals surface area contributed by atoms with Crippen molar-refractivity contribution in [3.8, 4) is 5.75 Å². The highest BCUT2D eigenvalue weighted by Gasteiger charge is 2.32. The fourth-order valence-electron chi connectivity index (χ4n) is 1.87. The van der Waals surface area contributed by atoms with E-state index in [9.17, 15) is 17.6 Å². The van der Waals surface area contributed by atoms with Crippen LogP contribution in [0.15, 0.2) is 48.5 Å². The van der Waals surface area contributed by atoms with Crippen LogP contribution in [0.5, 0.6) is 5.75 Å². The molecule has 0 aromatic heterocycles. The lowest BCUT2D eigenvalue weighted by atomic mass is 10.1. The number of hydrogen-bond acceptors (Lipinski definition) is 2. The zero-order valence-electron chi connectivity index (χ0n) is 11.1. The van der Waals surface area contributed by atoms with Gasteiger partial charge in [-0.2, -0.15) is 0 Å². The molecular weight excluding hydrogens is 286 g/mol. The Bertz CT molecular complexity index is 595. The van der Waals surface area contributed by atoms with Gasteiger partial charge in [-0.15, -0.1) is 13.2 Å². The fraction of sp³-hybridized carbons (Fsp3) is 0.200. The molecule has 0 saturated carbocycles. The van der Waals surface area contributed by atoms with Gasteiger partial charge in [0.2, 0.25) is 0 Å². The van der Waals surface area contributed by atoms with Crippen molar-refractivity contribution in [1.82, 2.24) is 0 Å². The molecule has 0 saturated heterocycles. The minimum absolute atomic E-state index is 0.214. The van der Waals surface area contributed by atoms with E-state index in [1.54, 1.807) is 25.1 Å². The summed E-state index contributed by atoms with van der Waals surface area (Å²) < 4.78 is 53.8. The van der Waals surface area contributed by atoms with Crippen LogP contribution in [0.3, 0.4) is 0 Å². The predicted octanol–water partition coefficient (Wildman–Crippen LogP) is 4.90. The van der Waals surface area contributed by atoms with Crippen molar-refractivity contribution < 1.29 is 22.3 Å². The molecule has 0 radical (unpaired) electrons. The predicted molar refractivity (Wildman–Crippen MR) is 71.6 cm³/mol. The second kappa shape index (κ2) is 6.03. The molecule has 1 N–H and O–H groups in total. The van der Waals surface area contributed by atoms with Gasteiger partial charge in [-0.05, 0) is 36.8 Å². The lowest BCUT2D eigenvalue weighted by molar-refractivity contribution is -0.274. The van der Waals surface area contributed by atoms with Crippen LogP contribution in [0.4, 0.5) is 23.2 Å². The summed E-state index contributed by atoms with van der Waals surface area (Å²) in [4.78, 5) is 0. The van der Waals surface area contributed by atoms with Crippen LogP contribution in [-0.4, -0.2) is 6.36 Å². The lowest BCUT2D eigenvalue weighted by Crippen LogP contribution is -2.18. The van der Waals surface area contributed by atoms with Gasteiger partial charge in [0.25, 0.3) is 0 Å². The molecule has 2 aromatic rings. The number of benzene rings is 2. The third-order valence-corrected chi connectivity index (χ3v) is 2.85. The Morgan fingerprint density at radius 3 is 2.24 bits per heavy atom. The Labute approximate surface area is 119 Å². The largest absolute Gasteiger partial charge is 0.573 e. The van der Waals surface area contributed by atoms with Crippen molar-refractivity contribution in [2.45, 2.75) is 19.3 Å². The minimum Gasteiger partial charge on any atom is -0.404 e. The van der Waals surface area contributed by atoms with Gasteiger partial charge in [-0.1, -0.05) is 24.3 Å². The van der Waals surface area contributed by atoms with E-state index in [-0.39, 0.29) is 23.3 Å². The SMILES string of the molecule is CC(Nc1ccccc1OC(F)(F)F)c1ccc(F)cc1. The molecule has 0 spiro atoms.